The van der Waals surface area contributed by atoms with Crippen molar-refractivity contribution in [1.29, 1.82) is 0 Å². The predicted molar refractivity (Wildman–Crippen MR) is 77.5 cm³/mol. The van der Waals surface area contributed by atoms with Crippen molar-refractivity contribution in [2.24, 2.45) is 0 Å². The molecule has 0 spiro atoms. The fourth-order valence-corrected chi connectivity index (χ4v) is 2.57. The lowest BCUT2D eigenvalue weighted by atomic mass is 9.90. The Balaban J connectivity index is 2.73. The molecule has 0 atom stereocenters. The van der Waals surface area contributed by atoms with Gasteiger partial charge in [-0.2, -0.15) is 0 Å². The molecule has 0 unspecified atom stereocenters. The number of rotatable bonds is 3. The van der Waals surface area contributed by atoms with E-state index in [1.54, 1.807) is 21.3 Å². The van der Waals surface area contributed by atoms with Gasteiger partial charge in [-0.25, -0.2) is 0 Å². The average Bonchev–Trinajstić information content (AvgIpc) is 2.35. The van der Waals surface area contributed by atoms with Crippen molar-refractivity contribution in [3.8, 4) is 17.2 Å². The summed E-state index contributed by atoms with van der Waals surface area (Å²) in [6, 6.07) is 1.98. The van der Waals surface area contributed by atoms with Gasteiger partial charge in [0.05, 0.1) is 32.6 Å². The van der Waals surface area contributed by atoms with Crippen LogP contribution < -0.4 is 19.5 Å². The van der Waals surface area contributed by atoms with Crippen LogP contribution in [0.3, 0.4) is 0 Å². The zero-order valence-electron chi connectivity index (χ0n) is 12.4. The van der Waals surface area contributed by atoms with Gasteiger partial charge in [0.25, 0.3) is 0 Å². The van der Waals surface area contributed by atoms with Crippen molar-refractivity contribution >= 4 is 11.3 Å². The van der Waals surface area contributed by atoms with Gasteiger partial charge in [0.15, 0.2) is 11.5 Å². The van der Waals surface area contributed by atoms with E-state index in [9.17, 15) is 0 Å². The van der Waals surface area contributed by atoms with Crippen LogP contribution in [0.1, 0.15) is 26.3 Å². The summed E-state index contributed by atoms with van der Waals surface area (Å²) < 4.78 is 16.3. The molecule has 4 heteroatoms. The molecule has 0 fully saturated rings. The number of ether oxygens (including phenoxy) is 3. The van der Waals surface area contributed by atoms with E-state index in [1.807, 2.05) is 6.07 Å². The summed E-state index contributed by atoms with van der Waals surface area (Å²) in [6.45, 7) is 6.33. The molecule has 1 aromatic carbocycles. The lowest BCUT2D eigenvalue weighted by molar-refractivity contribution is 0.324. The van der Waals surface area contributed by atoms with Gasteiger partial charge >= 0.3 is 0 Å². The Labute approximate surface area is 114 Å². The van der Waals surface area contributed by atoms with E-state index in [1.165, 1.54) is 5.57 Å². The fraction of sp³-hybridized carbons (Fsp3) is 0.467. The standard InChI is InChI=1S/C15H21NO3/c1-9-8-15(2,3)16-12-10(9)7-11(17-4)13(18-5)14(12)19-6/h7-8,16H,1-6H3. The van der Waals surface area contributed by atoms with Crippen LogP contribution in [-0.2, 0) is 0 Å². The summed E-state index contributed by atoms with van der Waals surface area (Å²) in [5, 5.41) is 3.48. The molecule has 4 nitrogen and oxygen atoms in total. The smallest absolute Gasteiger partial charge is 0.205 e. The summed E-state index contributed by atoms with van der Waals surface area (Å²) in [6.07, 6.45) is 2.20. The molecule has 1 aromatic rings. The minimum absolute atomic E-state index is 0.121. The summed E-state index contributed by atoms with van der Waals surface area (Å²) >= 11 is 0. The normalized spacial score (nSPS) is 16.0. The van der Waals surface area contributed by atoms with Gasteiger partial charge in [-0.15, -0.1) is 0 Å². The van der Waals surface area contributed by atoms with Crippen molar-refractivity contribution in [2.45, 2.75) is 26.3 Å². The van der Waals surface area contributed by atoms with Crippen LogP contribution in [0.15, 0.2) is 12.1 Å². The third kappa shape index (κ3) is 2.23. The van der Waals surface area contributed by atoms with Crippen LogP contribution >= 0.6 is 0 Å². The van der Waals surface area contributed by atoms with Gasteiger partial charge in [0, 0.05) is 5.56 Å². The van der Waals surface area contributed by atoms with Crippen molar-refractivity contribution < 1.29 is 14.2 Å². The molecule has 0 saturated carbocycles. The van der Waals surface area contributed by atoms with E-state index in [0.717, 1.165) is 11.3 Å². The Bertz CT molecular complexity index is 533. The van der Waals surface area contributed by atoms with Crippen LogP contribution in [-0.4, -0.2) is 26.9 Å². The third-order valence-corrected chi connectivity index (χ3v) is 3.28. The average molecular weight is 263 g/mol. The zero-order valence-corrected chi connectivity index (χ0v) is 12.4. The Morgan fingerprint density at radius 3 is 2.16 bits per heavy atom. The van der Waals surface area contributed by atoms with Crippen molar-refractivity contribution in [1.82, 2.24) is 0 Å². The molecule has 0 aromatic heterocycles. The molecule has 1 heterocycles. The van der Waals surface area contributed by atoms with Crippen LogP contribution in [0.2, 0.25) is 0 Å². The molecular formula is C15H21NO3. The highest BCUT2D eigenvalue weighted by Crippen LogP contribution is 2.49. The van der Waals surface area contributed by atoms with E-state index in [0.29, 0.717) is 17.2 Å². The summed E-state index contributed by atoms with van der Waals surface area (Å²) in [7, 11) is 4.88. The third-order valence-electron chi connectivity index (χ3n) is 3.28. The minimum atomic E-state index is -0.121. The Morgan fingerprint density at radius 1 is 1.00 bits per heavy atom. The van der Waals surface area contributed by atoms with Gasteiger partial charge in [-0.05, 0) is 32.4 Å². The van der Waals surface area contributed by atoms with Gasteiger partial charge in [0.1, 0.15) is 0 Å². The number of hydrogen-bond acceptors (Lipinski definition) is 4. The molecule has 104 valence electrons. The molecule has 0 aliphatic carbocycles. The molecule has 19 heavy (non-hydrogen) atoms. The Kier molecular flexibility index (Phi) is 3.35. The van der Waals surface area contributed by atoms with E-state index in [4.69, 9.17) is 14.2 Å². The number of benzene rings is 1. The largest absolute Gasteiger partial charge is 0.493 e. The first-order chi connectivity index (χ1) is 8.93. The second kappa shape index (κ2) is 4.68. The molecule has 0 amide bonds. The summed E-state index contributed by atoms with van der Waals surface area (Å²) in [4.78, 5) is 0. The molecule has 1 aliphatic rings. The van der Waals surface area contributed by atoms with Gasteiger partial charge in [-0.1, -0.05) is 6.08 Å². The van der Waals surface area contributed by atoms with E-state index < -0.39 is 0 Å². The highest BCUT2D eigenvalue weighted by molar-refractivity contribution is 5.87. The van der Waals surface area contributed by atoms with Crippen molar-refractivity contribution in [3.63, 3.8) is 0 Å². The molecule has 1 aliphatic heterocycles. The highest BCUT2D eigenvalue weighted by Gasteiger charge is 2.29. The number of methoxy groups -OCH3 is 3. The van der Waals surface area contributed by atoms with E-state index in [2.05, 4.69) is 32.2 Å². The van der Waals surface area contributed by atoms with Gasteiger partial charge < -0.3 is 19.5 Å². The second-order valence-corrected chi connectivity index (χ2v) is 5.24. The van der Waals surface area contributed by atoms with Crippen molar-refractivity contribution in [3.05, 3.63) is 17.7 Å². The number of anilines is 1. The quantitative estimate of drug-likeness (QED) is 0.908. The number of allylic oxidation sites excluding steroid dienone is 1. The Morgan fingerprint density at radius 2 is 1.63 bits per heavy atom. The first kappa shape index (κ1) is 13.6. The van der Waals surface area contributed by atoms with Crippen LogP contribution in [0.25, 0.3) is 5.57 Å². The first-order valence-electron chi connectivity index (χ1n) is 6.24. The topological polar surface area (TPSA) is 39.7 Å². The van der Waals surface area contributed by atoms with E-state index >= 15 is 0 Å². The molecule has 0 bridgehead atoms. The lowest BCUT2D eigenvalue weighted by Crippen LogP contribution is -2.31. The summed E-state index contributed by atoms with van der Waals surface area (Å²) in [5.74, 6) is 1.96. The molecule has 0 radical (unpaired) electrons. The van der Waals surface area contributed by atoms with Crippen LogP contribution in [0.5, 0.6) is 17.2 Å². The maximum atomic E-state index is 5.52. The van der Waals surface area contributed by atoms with Gasteiger partial charge in [0.2, 0.25) is 5.75 Å². The SMILES string of the molecule is COc1cc2c(c(OC)c1OC)NC(C)(C)C=C2C. The molecule has 0 saturated heterocycles. The Hall–Kier alpha value is -1.84. The van der Waals surface area contributed by atoms with E-state index in [-0.39, 0.29) is 5.54 Å². The fourth-order valence-electron chi connectivity index (χ4n) is 2.57. The van der Waals surface area contributed by atoms with Crippen LogP contribution in [0.4, 0.5) is 5.69 Å². The molecule has 1 N–H and O–H groups in total. The zero-order chi connectivity index (χ0) is 14.2. The molecular weight excluding hydrogens is 242 g/mol. The maximum absolute atomic E-state index is 5.52. The van der Waals surface area contributed by atoms with Crippen LogP contribution in [0, 0.1) is 0 Å². The number of hydrogen-bond donors (Lipinski definition) is 1. The number of nitrogens with one attached hydrogen (secondary N) is 1. The minimum Gasteiger partial charge on any atom is -0.493 e. The monoisotopic (exact) mass is 263 g/mol. The summed E-state index contributed by atoms with van der Waals surface area (Å²) in [5.41, 5.74) is 3.10. The molecule has 2 rings (SSSR count). The second-order valence-electron chi connectivity index (χ2n) is 5.24. The predicted octanol–water partition coefficient (Wildman–Crippen LogP) is 3.32. The highest BCUT2D eigenvalue weighted by atomic mass is 16.5. The van der Waals surface area contributed by atoms with Gasteiger partial charge in [-0.3, -0.25) is 0 Å². The number of fused-ring (bicyclic) bond motifs is 1. The van der Waals surface area contributed by atoms with Crippen molar-refractivity contribution in [2.75, 3.05) is 26.6 Å². The maximum Gasteiger partial charge on any atom is 0.205 e. The lowest BCUT2D eigenvalue weighted by Gasteiger charge is -2.33. The first-order valence-corrected chi connectivity index (χ1v) is 6.24.